The second kappa shape index (κ2) is 9.15. The third kappa shape index (κ3) is 4.55. The lowest BCUT2D eigenvalue weighted by Gasteiger charge is -2.37. The van der Waals surface area contributed by atoms with Crippen LogP contribution in [-0.4, -0.2) is 49.1 Å². The number of carbonyl (C=O) groups is 2. The average molecular weight is 391 g/mol. The van der Waals surface area contributed by atoms with Gasteiger partial charge in [-0.15, -0.1) is 0 Å². The molecule has 2 aliphatic carbocycles. The van der Waals surface area contributed by atoms with Crippen molar-refractivity contribution >= 4 is 11.8 Å². The minimum absolute atomic E-state index is 0.0596. The van der Waals surface area contributed by atoms with Gasteiger partial charge in [-0.25, -0.2) is 0 Å². The molecular weight excluding hydrogens is 352 g/mol. The van der Waals surface area contributed by atoms with E-state index < -0.39 is 0 Å². The van der Waals surface area contributed by atoms with E-state index in [1.807, 2.05) is 4.90 Å². The molecule has 2 aliphatic heterocycles. The van der Waals surface area contributed by atoms with Gasteiger partial charge in [0.25, 0.3) is 0 Å². The zero-order valence-corrected chi connectivity index (χ0v) is 17.4. The molecular formula is C23H38N2O3. The van der Waals surface area contributed by atoms with Crippen LogP contribution in [0.4, 0.5) is 0 Å². The number of carbonyl (C=O) groups excluding carboxylic acids is 2. The van der Waals surface area contributed by atoms with Crippen molar-refractivity contribution in [2.75, 3.05) is 26.3 Å². The van der Waals surface area contributed by atoms with Gasteiger partial charge in [-0.2, -0.15) is 0 Å². The van der Waals surface area contributed by atoms with E-state index >= 15 is 0 Å². The van der Waals surface area contributed by atoms with Gasteiger partial charge in [0.05, 0.1) is 5.92 Å². The molecule has 0 aromatic carbocycles. The average Bonchev–Trinajstić information content (AvgIpc) is 3.36. The van der Waals surface area contributed by atoms with Crippen LogP contribution in [0.25, 0.3) is 0 Å². The molecule has 158 valence electrons. The summed E-state index contributed by atoms with van der Waals surface area (Å²) in [5.74, 6) is 1.14. The lowest BCUT2D eigenvalue weighted by atomic mass is 9.71. The van der Waals surface area contributed by atoms with Crippen LogP contribution >= 0.6 is 0 Å². The van der Waals surface area contributed by atoms with E-state index in [1.165, 1.54) is 44.9 Å². The third-order valence-corrected chi connectivity index (χ3v) is 8.00. The van der Waals surface area contributed by atoms with Gasteiger partial charge < -0.3 is 15.0 Å². The highest BCUT2D eigenvalue weighted by Gasteiger charge is 2.51. The Balaban J connectivity index is 1.37. The summed E-state index contributed by atoms with van der Waals surface area (Å²) in [6.07, 6.45) is 14.8. The lowest BCUT2D eigenvalue weighted by Crippen LogP contribution is -2.46. The van der Waals surface area contributed by atoms with Crippen LogP contribution in [0.15, 0.2) is 0 Å². The topological polar surface area (TPSA) is 58.6 Å². The molecule has 2 saturated heterocycles. The van der Waals surface area contributed by atoms with Crippen LogP contribution in [-0.2, 0) is 14.3 Å². The number of nitrogens with zero attached hydrogens (tertiary/aromatic N) is 1. The molecule has 1 spiro atoms. The largest absolute Gasteiger partial charge is 0.381 e. The fourth-order valence-electron chi connectivity index (χ4n) is 6.14. The Morgan fingerprint density at radius 2 is 1.64 bits per heavy atom. The molecule has 1 atom stereocenters. The maximum atomic E-state index is 13.2. The Morgan fingerprint density at radius 3 is 2.36 bits per heavy atom. The number of amides is 2. The van der Waals surface area contributed by atoms with Crippen LogP contribution in [0.3, 0.4) is 0 Å². The van der Waals surface area contributed by atoms with Crippen molar-refractivity contribution in [2.45, 2.75) is 89.5 Å². The number of nitrogens with one attached hydrogen (secondary N) is 1. The maximum Gasteiger partial charge on any atom is 0.225 e. The molecule has 2 saturated carbocycles. The molecule has 5 nitrogen and oxygen atoms in total. The number of hydrogen-bond acceptors (Lipinski definition) is 3. The van der Waals surface area contributed by atoms with E-state index in [-0.39, 0.29) is 23.1 Å². The normalized spacial score (nSPS) is 28.7. The van der Waals surface area contributed by atoms with E-state index in [4.69, 9.17) is 4.74 Å². The molecule has 4 rings (SSSR count). The lowest BCUT2D eigenvalue weighted by molar-refractivity contribution is -0.131. The van der Waals surface area contributed by atoms with Crippen molar-refractivity contribution in [3.05, 3.63) is 0 Å². The Kier molecular flexibility index (Phi) is 6.59. The third-order valence-electron chi connectivity index (χ3n) is 8.00. The summed E-state index contributed by atoms with van der Waals surface area (Å²) in [7, 11) is 0. The van der Waals surface area contributed by atoms with Crippen molar-refractivity contribution in [3.63, 3.8) is 0 Å². The first-order chi connectivity index (χ1) is 13.7. The summed E-state index contributed by atoms with van der Waals surface area (Å²) >= 11 is 0. The monoisotopic (exact) mass is 390 g/mol. The summed E-state index contributed by atoms with van der Waals surface area (Å²) in [6, 6.07) is 0.348. The zero-order valence-electron chi connectivity index (χ0n) is 17.4. The second-order valence-corrected chi connectivity index (χ2v) is 9.83. The van der Waals surface area contributed by atoms with Gasteiger partial charge in [-0.1, -0.05) is 44.9 Å². The summed E-state index contributed by atoms with van der Waals surface area (Å²) in [4.78, 5) is 28.2. The van der Waals surface area contributed by atoms with Crippen LogP contribution in [0, 0.1) is 17.3 Å². The van der Waals surface area contributed by atoms with Gasteiger partial charge in [-0.3, -0.25) is 9.59 Å². The molecule has 1 N–H and O–H groups in total. The van der Waals surface area contributed by atoms with Gasteiger partial charge in [0, 0.05) is 44.2 Å². The van der Waals surface area contributed by atoms with E-state index in [1.54, 1.807) is 0 Å². The highest BCUT2D eigenvalue weighted by atomic mass is 16.5. The maximum absolute atomic E-state index is 13.2. The van der Waals surface area contributed by atoms with Crippen molar-refractivity contribution < 1.29 is 14.3 Å². The van der Waals surface area contributed by atoms with E-state index in [2.05, 4.69) is 5.32 Å². The van der Waals surface area contributed by atoms with Crippen LogP contribution in [0.2, 0.25) is 0 Å². The predicted molar refractivity (Wildman–Crippen MR) is 109 cm³/mol. The van der Waals surface area contributed by atoms with Gasteiger partial charge in [0.15, 0.2) is 0 Å². The molecule has 0 bridgehead atoms. The molecule has 5 heteroatoms. The molecule has 0 aromatic rings. The van der Waals surface area contributed by atoms with Crippen LogP contribution < -0.4 is 5.32 Å². The number of rotatable bonds is 5. The first kappa shape index (κ1) is 20.2. The van der Waals surface area contributed by atoms with Gasteiger partial charge >= 0.3 is 0 Å². The molecule has 4 aliphatic rings. The van der Waals surface area contributed by atoms with Crippen molar-refractivity contribution in [3.8, 4) is 0 Å². The Morgan fingerprint density at radius 1 is 0.964 bits per heavy atom. The van der Waals surface area contributed by atoms with Gasteiger partial charge in [-0.05, 0) is 38.0 Å². The molecule has 1 unspecified atom stereocenters. The Labute approximate surface area is 169 Å². The molecule has 28 heavy (non-hydrogen) atoms. The molecule has 2 heterocycles. The Bertz CT molecular complexity index is 546. The smallest absolute Gasteiger partial charge is 0.225 e. The summed E-state index contributed by atoms with van der Waals surface area (Å²) in [5.41, 5.74) is -0.0680. The predicted octanol–water partition coefficient (Wildman–Crippen LogP) is 3.66. The summed E-state index contributed by atoms with van der Waals surface area (Å²) < 4.78 is 5.61. The van der Waals surface area contributed by atoms with E-state index in [0.29, 0.717) is 19.0 Å². The number of hydrogen-bond donors (Lipinski definition) is 1. The number of ether oxygens (including phenoxy) is 1. The first-order valence-corrected chi connectivity index (χ1v) is 11.8. The van der Waals surface area contributed by atoms with Crippen molar-refractivity contribution in [1.82, 2.24) is 10.2 Å². The van der Waals surface area contributed by atoms with Crippen molar-refractivity contribution in [1.29, 1.82) is 0 Å². The zero-order chi connectivity index (χ0) is 19.4. The Hall–Kier alpha value is -1.10. The van der Waals surface area contributed by atoms with Crippen LogP contribution in [0.5, 0.6) is 0 Å². The number of likely N-dealkylation sites (tertiary alicyclic amines) is 1. The second-order valence-electron chi connectivity index (χ2n) is 9.83. The fraction of sp³-hybridized carbons (Fsp3) is 0.913. The molecule has 0 aromatic heterocycles. The quantitative estimate of drug-likeness (QED) is 0.779. The molecule has 4 fully saturated rings. The highest BCUT2D eigenvalue weighted by molar-refractivity contribution is 5.83. The van der Waals surface area contributed by atoms with Gasteiger partial charge in [0.1, 0.15) is 0 Å². The van der Waals surface area contributed by atoms with Crippen molar-refractivity contribution in [2.24, 2.45) is 17.3 Å². The van der Waals surface area contributed by atoms with Gasteiger partial charge in [0.2, 0.25) is 11.8 Å². The standard InChI is InChI=1S/C23H38N2O3/c26-21(11-10-18-6-2-1-3-7-18)25-16-20(22(27)24-19-8-4-5-9-19)23(17-25)12-14-28-15-13-23/h18-20H,1-17H2,(H,24,27). The fourth-order valence-corrected chi connectivity index (χ4v) is 6.14. The summed E-state index contributed by atoms with van der Waals surface area (Å²) in [5, 5.41) is 3.32. The first-order valence-electron chi connectivity index (χ1n) is 11.8. The highest BCUT2D eigenvalue weighted by Crippen LogP contribution is 2.45. The van der Waals surface area contributed by atoms with E-state index in [9.17, 15) is 9.59 Å². The SMILES string of the molecule is O=C(NC1CCCC1)C1CN(C(=O)CCC2CCCCC2)CC12CCOCC2. The minimum Gasteiger partial charge on any atom is -0.381 e. The molecule has 0 radical (unpaired) electrons. The minimum atomic E-state index is -0.0680. The van der Waals surface area contributed by atoms with E-state index in [0.717, 1.165) is 57.8 Å². The summed E-state index contributed by atoms with van der Waals surface area (Å²) in [6.45, 7) is 2.80. The van der Waals surface area contributed by atoms with Crippen LogP contribution in [0.1, 0.15) is 83.5 Å². The molecule has 2 amide bonds.